The third kappa shape index (κ3) is 2.08. The molecule has 2 rings (SSSR count). The maximum atomic E-state index is 13.0. The van der Waals surface area contributed by atoms with Gasteiger partial charge in [0.2, 0.25) is 5.78 Å². The summed E-state index contributed by atoms with van der Waals surface area (Å²) in [4.78, 5) is 12.4. The summed E-state index contributed by atoms with van der Waals surface area (Å²) in [6.45, 7) is 0. The smallest absolute Gasteiger partial charge is 0.205 e. The summed E-state index contributed by atoms with van der Waals surface area (Å²) in [7, 11) is 0. The number of anilines is 1. The SMILES string of the molecule is Nc1ccc(F)cc1C(=O)c1ccc(Cl)s1. The van der Waals surface area contributed by atoms with Gasteiger partial charge in [-0.25, -0.2) is 4.39 Å². The van der Waals surface area contributed by atoms with Crippen molar-refractivity contribution in [3.63, 3.8) is 0 Å². The molecule has 0 saturated heterocycles. The average Bonchev–Trinajstić information content (AvgIpc) is 2.67. The van der Waals surface area contributed by atoms with Crippen LogP contribution in [0, 0.1) is 5.82 Å². The third-order valence-electron chi connectivity index (χ3n) is 2.06. The van der Waals surface area contributed by atoms with Crippen LogP contribution >= 0.6 is 22.9 Å². The van der Waals surface area contributed by atoms with Crippen molar-refractivity contribution < 1.29 is 9.18 Å². The maximum Gasteiger partial charge on any atom is 0.205 e. The molecule has 1 aromatic heterocycles. The van der Waals surface area contributed by atoms with Gasteiger partial charge in [0.15, 0.2) is 0 Å². The van der Waals surface area contributed by atoms with E-state index in [0.717, 1.165) is 17.4 Å². The van der Waals surface area contributed by atoms with Crippen molar-refractivity contribution in [1.82, 2.24) is 0 Å². The molecule has 0 spiro atoms. The van der Waals surface area contributed by atoms with Gasteiger partial charge >= 0.3 is 0 Å². The van der Waals surface area contributed by atoms with E-state index >= 15 is 0 Å². The second-order valence-corrected chi connectivity index (χ2v) is 4.88. The normalized spacial score (nSPS) is 10.4. The van der Waals surface area contributed by atoms with E-state index in [4.69, 9.17) is 17.3 Å². The van der Waals surface area contributed by atoms with Gasteiger partial charge in [0.25, 0.3) is 0 Å². The quantitative estimate of drug-likeness (QED) is 0.661. The lowest BCUT2D eigenvalue weighted by Crippen LogP contribution is -2.04. The van der Waals surface area contributed by atoms with Gasteiger partial charge in [-0.2, -0.15) is 0 Å². The second kappa shape index (κ2) is 4.23. The first-order valence-electron chi connectivity index (χ1n) is 4.43. The van der Waals surface area contributed by atoms with Crippen LogP contribution in [-0.2, 0) is 0 Å². The zero-order valence-electron chi connectivity index (χ0n) is 8.04. The Morgan fingerprint density at radius 2 is 2.06 bits per heavy atom. The molecule has 0 aliphatic carbocycles. The van der Waals surface area contributed by atoms with Gasteiger partial charge in [-0.3, -0.25) is 4.79 Å². The molecule has 0 radical (unpaired) electrons. The molecule has 1 heterocycles. The van der Waals surface area contributed by atoms with Crippen LogP contribution in [0.15, 0.2) is 30.3 Å². The van der Waals surface area contributed by atoms with Gasteiger partial charge in [0, 0.05) is 11.3 Å². The lowest BCUT2D eigenvalue weighted by atomic mass is 10.1. The summed E-state index contributed by atoms with van der Waals surface area (Å²) in [5.74, 6) is -0.797. The molecule has 16 heavy (non-hydrogen) atoms. The molecule has 0 aliphatic heterocycles. The van der Waals surface area contributed by atoms with E-state index < -0.39 is 5.82 Å². The molecule has 0 unspecified atom stereocenters. The molecule has 0 fully saturated rings. The fourth-order valence-electron chi connectivity index (χ4n) is 1.29. The van der Waals surface area contributed by atoms with Crippen molar-refractivity contribution in [1.29, 1.82) is 0 Å². The van der Waals surface area contributed by atoms with E-state index in [-0.39, 0.29) is 17.0 Å². The fraction of sp³-hybridized carbons (Fsp3) is 0. The molecule has 2 nitrogen and oxygen atoms in total. The fourth-order valence-corrected chi connectivity index (χ4v) is 2.29. The minimum Gasteiger partial charge on any atom is -0.398 e. The van der Waals surface area contributed by atoms with Crippen LogP contribution in [0.1, 0.15) is 15.2 Å². The van der Waals surface area contributed by atoms with Gasteiger partial charge in [-0.15, -0.1) is 11.3 Å². The monoisotopic (exact) mass is 255 g/mol. The standard InChI is InChI=1S/C11H7ClFNOS/c12-10-4-3-9(16-10)11(15)7-5-6(13)1-2-8(7)14/h1-5H,14H2. The summed E-state index contributed by atoms with van der Waals surface area (Å²) in [6.07, 6.45) is 0. The third-order valence-corrected chi connectivity index (χ3v) is 3.29. The number of carbonyl (C=O) groups excluding carboxylic acids is 1. The highest BCUT2D eigenvalue weighted by atomic mass is 35.5. The second-order valence-electron chi connectivity index (χ2n) is 3.16. The molecule has 0 aliphatic rings. The number of rotatable bonds is 2. The van der Waals surface area contributed by atoms with E-state index in [1.807, 2.05) is 0 Å². The first-order valence-corrected chi connectivity index (χ1v) is 5.62. The summed E-state index contributed by atoms with van der Waals surface area (Å²) in [6, 6.07) is 6.94. The summed E-state index contributed by atoms with van der Waals surface area (Å²) >= 11 is 6.87. The maximum absolute atomic E-state index is 13.0. The van der Waals surface area contributed by atoms with E-state index in [0.29, 0.717) is 9.21 Å². The van der Waals surface area contributed by atoms with Crippen LogP contribution in [0.5, 0.6) is 0 Å². The first-order chi connectivity index (χ1) is 7.58. The molecule has 5 heteroatoms. The van der Waals surface area contributed by atoms with Crippen LogP contribution < -0.4 is 5.73 Å². The number of hydrogen-bond donors (Lipinski definition) is 1. The van der Waals surface area contributed by atoms with Gasteiger partial charge in [-0.1, -0.05) is 11.6 Å². The van der Waals surface area contributed by atoms with Crippen LogP contribution in [-0.4, -0.2) is 5.78 Å². The number of halogens is 2. The number of nitrogens with two attached hydrogens (primary N) is 1. The number of thiophene rings is 1. The van der Waals surface area contributed by atoms with Gasteiger partial charge in [-0.05, 0) is 30.3 Å². The highest BCUT2D eigenvalue weighted by Crippen LogP contribution is 2.26. The lowest BCUT2D eigenvalue weighted by Gasteiger charge is -2.02. The van der Waals surface area contributed by atoms with E-state index in [9.17, 15) is 9.18 Å². The molecular formula is C11H7ClFNOS. The number of hydrogen-bond acceptors (Lipinski definition) is 3. The van der Waals surface area contributed by atoms with Crippen molar-refractivity contribution in [2.24, 2.45) is 0 Å². The van der Waals surface area contributed by atoms with Crippen LogP contribution in [0.2, 0.25) is 4.34 Å². The molecule has 2 N–H and O–H groups in total. The van der Waals surface area contributed by atoms with Crippen LogP contribution in [0.25, 0.3) is 0 Å². The molecule has 82 valence electrons. The Bertz CT molecular complexity index is 553. The zero-order valence-corrected chi connectivity index (χ0v) is 9.61. The van der Waals surface area contributed by atoms with Crippen molar-refractivity contribution in [2.75, 3.05) is 5.73 Å². The molecular weight excluding hydrogens is 249 g/mol. The molecule has 0 atom stereocenters. The number of nitrogen functional groups attached to an aromatic ring is 1. The Balaban J connectivity index is 2.45. The lowest BCUT2D eigenvalue weighted by molar-refractivity contribution is 0.104. The number of ketones is 1. The zero-order chi connectivity index (χ0) is 11.7. The first kappa shape index (κ1) is 11.1. The molecule has 0 saturated carbocycles. The number of carbonyl (C=O) groups is 1. The average molecular weight is 256 g/mol. The Labute approximate surface area is 100 Å². The Hall–Kier alpha value is -1.39. The van der Waals surface area contributed by atoms with Crippen molar-refractivity contribution in [3.8, 4) is 0 Å². The van der Waals surface area contributed by atoms with Gasteiger partial charge < -0.3 is 5.73 Å². The van der Waals surface area contributed by atoms with E-state index in [2.05, 4.69) is 0 Å². The molecule has 1 aromatic carbocycles. The Morgan fingerprint density at radius 1 is 1.31 bits per heavy atom. The van der Waals surface area contributed by atoms with Gasteiger partial charge in [0.05, 0.1) is 9.21 Å². The van der Waals surface area contributed by atoms with E-state index in [1.54, 1.807) is 12.1 Å². The van der Waals surface area contributed by atoms with Gasteiger partial charge in [0.1, 0.15) is 5.82 Å². The predicted octanol–water partition coefficient (Wildman–Crippen LogP) is 3.35. The van der Waals surface area contributed by atoms with Crippen molar-refractivity contribution in [2.45, 2.75) is 0 Å². The Kier molecular flexibility index (Phi) is 2.94. The predicted molar refractivity (Wildman–Crippen MR) is 63.6 cm³/mol. The van der Waals surface area contributed by atoms with E-state index in [1.165, 1.54) is 12.1 Å². The largest absolute Gasteiger partial charge is 0.398 e. The minimum atomic E-state index is -0.486. The summed E-state index contributed by atoms with van der Waals surface area (Å²) in [5.41, 5.74) is 6.04. The molecule has 2 aromatic rings. The molecule has 0 amide bonds. The van der Waals surface area contributed by atoms with Crippen molar-refractivity contribution >= 4 is 34.4 Å². The Morgan fingerprint density at radius 3 is 2.69 bits per heavy atom. The highest BCUT2D eigenvalue weighted by molar-refractivity contribution is 7.18. The number of benzene rings is 1. The minimum absolute atomic E-state index is 0.165. The van der Waals surface area contributed by atoms with Crippen LogP contribution in [0.4, 0.5) is 10.1 Å². The van der Waals surface area contributed by atoms with Crippen LogP contribution in [0.3, 0.4) is 0 Å². The summed E-state index contributed by atoms with van der Waals surface area (Å²) in [5, 5.41) is 0. The topological polar surface area (TPSA) is 43.1 Å². The van der Waals surface area contributed by atoms with Crippen molar-refractivity contribution in [3.05, 3.63) is 50.9 Å². The highest BCUT2D eigenvalue weighted by Gasteiger charge is 2.15. The summed E-state index contributed by atoms with van der Waals surface area (Å²) < 4.78 is 13.5. The molecule has 0 bridgehead atoms.